The molecule has 2 atom stereocenters. The monoisotopic (exact) mass is 327 g/mol. The number of hydrogen-bond donors (Lipinski definition) is 1. The summed E-state index contributed by atoms with van der Waals surface area (Å²) < 4.78 is 13.3. The highest BCUT2D eigenvalue weighted by Gasteiger charge is 2.45. The van der Waals surface area contributed by atoms with Crippen LogP contribution in [-0.2, 0) is 4.79 Å². The number of amides is 1. The zero-order chi connectivity index (χ0) is 17.4. The minimum Gasteiger partial charge on any atom is -0.481 e. The number of benzene rings is 2. The number of carbonyl (C=O) groups excluding carboxylic acids is 1. The third-order valence-corrected chi connectivity index (χ3v) is 4.41. The minimum atomic E-state index is -1.00. The molecule has 24 heavy (non-hydrogen) atoms. The molecule has 0 aromatic heterocycles. The summed E-state index contributed by atoms with van der Waals surface area (Å²) in [5, 5.41) is 9.85. The number of fused-ring (bicyclic) bond motifs is 1. The Morgan fingerprint density at radius 3 is 2.33 bits per heavy atom. The third-order valence-electron chi connectivity index (χ3n) is 4.41. The van der Waals surface area contributed by atoms with E-state index >= 15 is 0 Å². The number of hydrogen-bond acceptors (Lipinski definition) is 2. The Balaban J connectivity index is 2.24. The summed E-state index contributed by atoms with van der Waals surface area (Å²) in [6, 6.07) is 11.6. The number of carboxylic acids is 1. The van der Waals surface area contributed by atoms with Crippen molar-refractivity contribution in [3.63, 3.8) is 0 Å². The van der Waals surface area contributed by atoms with E-state index < -0.39 is 23.7 Å². The predicted molar refractivity (Wildman–Crippen MR) is 87.3 cm³/mol. The highest BCUT2D eigenvalue weighted by molar-refractivity contribution is 6.00. The number of carboxylic acid groups (broad SMARTS) is 1. The molecule has 0 saturated heterocycles. The summed E-state index contributed by atoms with van der Waals surface area (Å²) in [4.78, 5) is 26.5. The zero-order valence-electron chi connectivity index (χ0n) is 13.4. The van der Waals surface area contributed by atoms with Gasteiger partial charge >= 0.3 is 5.97 Å². The van der Waals surface area contributed by atoms with Crippen molar-refractivity contribution in [2.24, 2.45) is 0 Å². The molecule has 5 heteroatoms. The van der Waals surface area contributed by atoms with Crippen LogP contribution in [0.1, 0.15) is 47.3 Å². The average Bonchev–Trinajstić information content (AvgIpc) is 2.54. The van der Waals surface area contributed by atoms with Crippen LogP contribution in [0.15, 0.2) is 48.5 Å². The molecule has 2 aromatic rings. The van der Waals surface area contributed by atoms with Crippen molar-refractivity contribution in [2.45, 2.75) is 31.8 Å². The van der Waals surface area contributed by atoms with E-state index in [0.29, 0.717) is 16.7 Å². The van der Waals surface area contributed by atoms with E-state index in [0.717, 1.165) is 0 Å². The van der Waals surface area contributed by atoms with Gasteiger partial charge in [0, 0.05) is 11.6 Å². The summed E-state index contributed by atoms with van der Waals surface area (Å²) in [7, 11) is 0. The summed E-state index contributed by atoms with van der Waals surface area (Å²) in [6.45, 7) is 3.70. The summed E-state index contributed by atoms with van der Waals surface area (Å²) in [6.07, 6.45) is 0. The van der Waals surface area contributed by atoms with Crippen molar-refractivity contribution < 1.29 is 19.1 Å². The second kappa shape index (κ2) is 6.07. The van der Waals surface area contributed by atoms with Crippen LogP contribution < -0.4 is 0 Å². The smallest absolute Gasteiger partial charge is 0.313 e. The number of aliphatic carboxylic acids is 1. The van der Waals surface area contributed by atoms with Gasteiger partial charge in [0.05, 0.1) is 6.04 Å². The van der Waals surface area contributed by atoms with Crippen LogP contribution in [-0.4, -0.2) is 27.9 Å². The van der Waals surface area contributed by atoms with Gasteiger partial charge in [0.15, 0.2) is 0 Å². The topological polar surface area (TPSA) is 57.6 Å². The fourth-order valence-electron chi connectivity index (χ4n) is 3.40. The number of nitrogens with zero attached hydrogens (tertiary/aromatic N) is 1. The highest BCUT2D eigenvalue weighted by Crippen LogP contribution is 2.43. The molecule has 1 heterocycles. The second-order valence-electron chi connectivity index (χ2n) is 6.21. The Morgan fingerprint density at radius 1 is 1.12 bits per heavy atom. The molecule has 0 spiro atoms. The molecule has 1 aliphatic rings. The lowest BCUT2D eigenvalue weighted by molar-refractivity contribution is -0.140. The fraction of sp³-hybridized carbons (Fsp3) is 0.263. The van der Waals surface area contributed by atoms with Crippen LogP contribution >= 0.6 is 0 Å². The molecule has 3 rings (SSSR count). The Bertz CT molecular complexity index is 785. The van der Waals surface area contributed by atoms with Crippen LogP contribution in [0.4, 0.5) is 4.39 Å². The first-order chi connectivity index (χ1) is 11.4. The maximum Gasteiger partial charge on any atom is 0.313 e. The molecule has 2 aromatic carbocycles. The first-order valence-electron chi connectivity index (χ1n) is 7.81. The normalized spacial score (nSPS) is 20.2. The van der Waals surface area contributed by atoms with Gasteiger partial charge in [0.25, 0.3) is 5.91 Å². The number of halogens is 1. The molecule has 1 amide bonds. The molecule has 0 fully saturated rings. The highest BCUT2D eigenvalue weighted by atomic mass is 19.1. The van der Waals surface area contributed by atoms with Crippen LogP contribution in [0.25, 0.3) is 0 Å². The zero-order valence-corrected chi connectivity index (χ0v) is 13.4. The van der Waals surface area contributed by atoms with E-state index in [1.54, 1.807) is 41.3 Å². The number of carbonyl (C=O) groups is 2. The van der Waals surface area contributed by atoms with Crippen molar-refractivity contribution in [3.05, 3.63) is 71.0 Å². The van der Waals surface area contributed by atoms with Crippen molar-refractivity contribution in [2.75, 3.05) is 0 Å². The van der Waals surface area contributed by atoms with Gasteiger partial charge in [-0.3, -0.25) is 9.59 Å². The van der Waals surface area contributed by atoms with E-state index in [-0.39, 0.29) is 11.9 Å². The Kier molecular flexibility index (Phi) is 4.09. The van der Waals surface area contributed by atoms with Gasteiger partial charge in [0.1, 0.15) is 11.7 Å². The third kappa shape index (κ3) is 2.56. The molecule has 0 aliphatic carbocycles. The van der Waals surface area contributed by atoms with Crippen LogP contribution in [0, 0.1) is 5.82 Å². The van der Waals surface area contributed by atoms with Crippen LogP contribution in [0.2, 0.25) is 0 Å². The van der Waals surface area contributed by atoms with E-state index in [2.05, 4.69) is 0 Å². The maximum atomic E-state index is 13.3. The van der Waals surface area contributed by atoms with Crippen LogP contribution in [0.3, 0.4) is 0 Å². The van der Waals surface area contributed by atoms with Gasteiger partial charge in [-0.05, 0) is 43.2 Å². The van der Waals surface area contributed by atoms with Gasteiger partial charge in [0.2, 0.25) is 0 Å². The summed E-state index contributed by atoms with van der Waals surface area (Å²) in [5.41, 5.74) is 1.53. The Morgan fingerprint density at radius 2 is 1.75 bits per heavy atom. The van der Waals surface area contributed by atoms with Gasteiger partial charge in [-0.2, -0.15) is 0 Å². The van der Waals surface area contributed by atoms with Gasteiger partial charge in [-0.1, -0.05) is 30.3 Å². The standard InChI is InChI=1S/C19H18FNO3/c1-11(2)21-17(12-7-9-13(20)10-8-12)16(19(23)24)14-5-3-4-6-15(14)18(21)22/h3-11,16-17H,1-2H3,(H,23,24). The van der Waals surface area contributed by atoms with Gasteiger partial charge in [-0.25, -0.2) is 4.39 Å². The maximum absolute atomic E-state index is 13.3. The summed E-state index contributed by atoms with van der Waals surface area (Å²) >= 11 is 0. The SMILES string of the molecule is CC(C)N1C(=O)c2ccccc2C(C(=O)O)C1c1ccc(F)cc1. The molecular formula is C19H18FNO3. The fourth-order valence-corrected chi connectivity index (χ4v) is 3.40. The first-order valence-corrected chi connectivity index (χ1v) is 7.81. The van der Waals surface area contributed by atoms with Crippen LogP contribution in [0.5, 0.6) is 0 Å². The molecule has 1 aliphatic heterocycles. The Labute approximate surface area is 139 Å². The first kappa shape index (κ1) is 16.2. The minimum absolute atomic E-state index is 0.192. The van der Waals surface area contributed by atoms with Gasteiger partial charge in [-0.15, -0.1) is 0 Å². The van der Waals surface area contributed by atoms with Gasteiger partial charge < -0.3 is 10.0 Å². The molecule has 2 unspecified atom stereocenters. The average molecular weight is 327 g/mol. The van der Waals surface area contributed by atoms with E-state index in [4.69, 9.17) is 0 Å². The molecule has 1 N–H and O–H groups in total. The molecular weight excluding hydrogens is 309 g/mol. The quantitative estimate of drug-likeness (QED) is 0.937. The van der Waals surface area contributed by atoms with Crippen molar-refractivity contribution >= 4 is 11.9 Å². The summed E-state index contributed by atoms with van der Waals surface area (Å²) in [5.74, 6) is -2.50. The number of rotatable bonds is 3. The van der Waals surface area contributed by atoms with E-state index in [1.807, 2.05) is 13.8 Å². The van der Waals surface area contributed by atoms with E-state index in [1.165, 1.54) is 12.1 Å². The molecule has 0 radical (unpaired) electrons. The van der Waals surface area contributed by atoms with Crippen molar-refractivity contribution in [3.8, 4) is 0 Å². The molecule has 0 saturated carbocycles. The van der Waals surface area contributed by atoms with Crippen molar-refractivity contribution in [1.29, 1.82) is 0 Å². The molecule has 4 nitrogen and oxygen atoms in total. The van der Waals surface area contributed by atoms with Crippen molar-refractivity contribution in [1.82, 2.24) is 4.90 Å². The Hall–Kier alpha value is -2.69. The largest absolute Gasteiger partial charge is 0.481 e. The lowest BCUT2D eigenvalue weighted by atomic mass is 9.79. The lowest BCUT2D eigenvalue weighted by Gasteiger charge is -2.43. The predicted octanol–water partition coefficient (Wildman–Crippen LogP) is 3.60. The molecule has 124 valence electrons. The van der Waals surface area contributed by atoms with E-state index in [9.17, 15) is 19.1 Å². The second-order valence-corrected chi connectivity index (χ2v) is 6.21. The lowest BCUT2D eigenvalue weighted by Crippen LogP contribution is -2.48. The molecule has 0 bridgehead atoms.